The highest BCUT2D eigenvalue weighted by molar-refractivity contribution is 7.93. The van der Waals surface area contributed by atoms with Crippen molar-refractivity contribution < 1.29 is 22.5 Å². The zero-order chi connectivity index (χ0) is 24.2. The van der Waals surface area contributed by atoms with E-state index in [9.17, 15) is 22.5 Å². The van der Waals surface area contributed by atoms with Gasteiger partial charge < -0.3 is 10.4 Å². The Bertz CT molecular complexity index is 1370. The third-order valence-electron chi connectivity index (χ3n) is 4.50. The van der Waals surface area contributed by atoms with Gasteiger partial charge in [0.15, 0.2) is 0 Å². The van der Waals surface area contributed by atoms with Gasteiger partial charge in [0, 0.05) is 34.1 Å². The molecule has 0 unspecified atom stereocenters. The lowest BCUT2D eigenvalue weighted by Crippen LogP contribution is -2.12. The lowest BCUT2D eigenvalue weighted by molar-refractivity contribution is -0.0884. The Morgan fingerprint density at radius 1 is 1.15 bits per heavy atom. The molecule has 0 saturated carbocycles. The number of anilines is 1. The molecule has 172 valence electrons. The summed E-state index contributed by atoms with van der Waals surface area (Å²) >= 11 is 0. The second-order valence-corrected chi connectivity index (χ2v) is 9.56. The maximum atomic E-state index is 13.2. The molecule has 0 fully saturated rings. The number of benzene rings is 2. The summed E-state index contributed by atoms with van der Waals surface area (Å²) in [6.45, 7) is 4.80. The Kier molecular flexibility index (Phi) is 6.92. The van der Waals surface area contributed by atoms with E-state index in [1.807, 2.05) is 6.07 Å². The Morgan fingerprint density at radius 2 is 1.85 bits per heavy atom. The fraction of sp³-hybridized carbons (Fsp3) is 0.125. The van der Waals surface area contributed by atoms with Crippen LogP contribution in [0.2, 0.25) is 0 Å². The summed E-state index contributed by atoms with van der Waals surface area (Å²) in [5.41, 5.74) is 0.360. The Morgan fingerprint density at radius 3 is 2.48 bits per heavy atom. The second kappa shape index (κ2) is 9.50. The van der Waals surface area contributed by atoms with Crippen LogP contribution in [0.3, 0.4) is 0 Å². The van der Waals surface area contributed by atoms with Crippen molar-refractivity contribution in [1.82, 2.24) is 4.98 Å². The second-order valence-electron chi connectivity index (χ2n) is 7.30. The van der Waals surface area contributed by atoms with Gasteiger partial charge in [-0.05, 0) is 55.5 Å². The molecule has 2 aromatic carbocycles. The number of hydrogen-bond donors (Lipinski definition) is 2. The Labute approximate surface area is 190 Å². The molecule has 0 aliphatic heterocycles. The summed E-state index contributed by atoms with van der Waals surface area (Å²) in [6, 6.07) is 15.5. The molecule has 0 aliphatic rings. The Hall–Kier alpha value is -3.59. The van der Waals surface area contributed by atoms with Gasteiger partial charge >= 0.3 is 6.18 Å². The molecule has 5 nitrogen and oxygen atoms in total. The van der Waals surface area contributed by atoms with E-state index in [4.69, 9.17) is 0 Å². The summed E-state index contributed by atoms with van der Waals surface area (Å²) in [4.78, 5) is 4.85. The van der Waals surface area contributed by atoms with E-state index in [1.165, 1.54) is 12.5 Å². The summed E-state index contributed by atoms with van der Waals surface area (Å²) in [6.07, 6.45) is -0.199. The largest absolute Gasteiger partial charge is 0.513 e. The first-order chi connectivity index (χ1) is 15.5. The highest BCUT2D eigenvalue weighted by Gasteiger charge is 2.32. The van der Waals surface area contributed by atoms with Crippen molar-refractivity contribution >= 4 is 32.0 Å². The number of fused-ring (bicyclic) bond motifs is 1. The normalized spacial score (nSPS) is 14.6. The number of rotatable bonds is 6. The first-order valence-corrected chi connectivity index (χ1v) is 11.7. The van der Waals surface area contributed by atoms with Crippen molar-refractivity contribution in [1.29, 1.82) is 0 Å². The van der Waals surface area contributed by atoms with Crippen LogP contribution in [0.25, 0.3) is 10.9 Å². The number of halogens is 3. The van der Waals surface area contributed by atoms with Gasteiger partial charge in [0.25, 0.3) is 0 Å². The van der Waals surface area contributed by atoms with Gasteiger partial charge in [-0.3, -0.25) is 4.98 Å². The van der Waals surface area contributed by atoms with Crippen molar-refractivity contribution in [3.63, 3.8) is 0 Å². The number of aliphatic hydroxyl groups is 1. The maximum Gasteiger partial charge on any atom is 0.416 e. The van der Waals surface area contributed by atoms with E-state index in [0.717, 1.165) is 13.0 Å². The summed E-state index contributed by atoms with van der Waals surface area (Å²) in [5, 5.41) is 12.7. The van der Waals surface area contributed by atoms with Crippen LogP contribution >= 0.6 is 0 Å². The molecule has 3 rings (SSSR count). The third kappa shape index (κ3) is 6.23. The van der Waals surface area contributed by atoms with Crippen molar-refractivity contribution in [3.8, 4) is 0 Å². The number of nitrogens with one attached hydrogen (secondary N) is 1. The zero-order valence-electron chi connectivity index (χ0n) is 17.9. The number of aromatic nitrogens is 1. The van der Waals surface area contributed by atoms with E-state index in [-0.39, 0.29) is 5.70 Å². The fourth-order valence-electron chi connectivity index (χ4n) is 3.05. The molecule has 1 atom stereocenters. The average molecular weight is 474 g/mol. The molecule has 3 aromatic rings. The van der Waals surface area contributed by atoms with E-state index < -0.39 is 27.2 Å². The SMILES string of the molecule is C=C(/C=C(\C=C(/C)O)C(F)(F)F)Nc1ccnc2ccc(N=[S@](C)(=O)c3ccccc3)cc12. The molecule has 9 heteroatoms. The predicted molar refractivity (Wildman–Crippen MR) is 126 cm³/mol. The standard InChI is InChI=1S/C24H22F3N3O2S/c1-16(13-18(14-17(2)31)24(25,26)27)29-23-11-12-28-22-10-9-19(15-21(22)23)30-33(3,32)20-7-5-4-6-8-20/h4-15,31H,1H2,2-3H3,(H,28,29)/b17-14+,18-13+/t33-/m1/s1. The van der Waals surface area contributed by atoms with Crippen molar-refractivity contribution in [2.75, 3.05) is 11.6 Å². The third-order valence-corrected chi connectivity index (χ3v) is 6.21. The van der Waals surface area contributed by atoms with Crippen LogP contribution in [0.15, 0.2) is 106 Å². The fourth-order valence-corrected chi connectivity index (χ4v) is 4.34. The molecule has 0 spiro atoms. The maximum absolute atomic E-state index is 13.2. The van der Waals surface area contributed by atoms with Gasteiger partial charge in [0.2, 0.25) is 0 Å². The lowest BCUT2D eigenvalue weighted by atomic mass is 10.1. The highest BCUT2D eigenvalue weighted by Crippen LogP contribution is 2.31. The van der Waals surface area contributed by atoms with Crippen LogP contribution in [-0.2, 0) is 9.73 Å². The van der Waals surface area contributed by atoms with Gasteiger partial charge in [0.05, 0.1) is 32.3 Å². The minimum atomic E-state index is -4.67. The van der Waals surface area contributed by atoms with Crippen LogP contribution < -0.4 is 5.32 Å². The average Bonchev–Trinajstić information content (AvgIpc) is 2.73. The summed E-state index contributed by atoms with van der Waals surface area (Å²) in [5.74, 6) is -0.478. The molecule has 0 radical (unpaired) electrons. The van der Waals surface area contributed by atoms with Gasteiger partial charge in [-0.15, -0.1) is 0 Å². The minimum Gasteiger partial charge on any atom is -0.513 e. The predicted octanol–water partition coefficient (Wildman–Crippen LogP) is 6.90. The molecule has 0 amide bonds. The molecule has 0 bridgehead atoms. The topological polar surface area (TPSA) is 74.6 Å². The van der Waals surface area contributed by atoms with E-state index >= 15 is 0 Å². The smallest absolute Gasteiger partial charge is 0.416 e. The van der Waals surface area contributed by atoms with Gasteiger partial charge in [-0.1, -0.05) is 24.8 Å². The zero-order valence-corrected chi connectivity index (χ0v) is 18.7. The molecule has 2 N–H and O–H groups in total. The number of aliphatic hydroxyl groups excluding tert-OH is 1. The number of pyridine rings is 1. The minimum absolute atomic E-state index is 0.0433. The molecule has 1 heterocycles. The van der Waals surface area contributed by atoms with Gasteiger partial charge in [-0.2, -0.15) is 17.5 Å². The molecule has 0 aliphatic carbocycles. The quantitative estimate of drug-likeness (QED) is 0.302. The summed E-state index contributed by atoms with van der Waals surface area (Å²) < 4.78 is 57.2. The van der Waals surface area contributed by atoms with Crippen LogP contribution in [-0.4, -0.2) is 26.7 Å². The highest BCUT2D eigenvalue weighted by atomic mass is 32.2. The molecular weight excluding hydrogens is 451 g/mol. The van der Waals surface area contributed by atoms with Gasteiger partial charge in [0.1, 0.15) is 0 Å². The number of alkyl halides is 3. The molecule has 33 heavy (non-hydrogen) atoms. The van der Waals surface area contributed by atoms with Gasteiger partial charge in [-0.25, -0.2) is 4.21 Å². The number of nitrogens with zero attached hydrogens (tertiary/aromatic N) is 2. The van der Waals surface area contributed by atoms with E-state index in [1.54, 1.807) is 48.5 Å². The first-order valence-electron chi connectivity index (χ1n) is 9.74. The summed E-state index contributed by atoms with van der Waals surface area (Å²) in [7, 11) is -2.71. The molecule has 0 saturated heterocycles. The van der Waals surface area contributed by atoms with Crippen molar-refractivity contribution in [2.24, 2.45) is 4.36 Å². The first kappa shape index (κ1) is 24.1. The van der Waals surface area contributed by atoms with E-state index in [2.05, 4.69) is 21.2 Å². The molecular formula is C24H22F3N3O2S. The van der Waals surface area contributed by atoms with Crippen LogP contribution in [0, 0.1) is 0 Å². The monoisotopic (exact) mass is 473 g/mol. The lowest BCUT2D eigenvalue weighted by Gasteiger charge is -2.13. The number of allylic oxidation sites excluding steroid dienone is 4. The van der Waals surface area contributed by atoms with Crippen LogP contribution in [0.5, 0.6) is 0 Å². The number of hydrogen-bond acceptors (Lipinski definition) is 5. The van der Waals surface area contributed by atoms with Crippen LogP contribution in [0.1, 0.15) is 6.92 Å². The Balaban J connectivity index is 2.01. The van der Waals surface area contributed by atoms with Crippen LogP contribution in [0.4, 0.5) is 24.5 Å². The van der Waals surface area contributed by atoms with Crippen molar-refractivity contribution in [2.45, 2.75) is 18.0 Å². The van der Waals surface area contributed by atoms with E-state index in [0.29, 0.717) is 33.2 Å². The molecule has 1 aromatic heterocycles. The van der Waals surface area contributed by atoms with Crippen molar-refractivity contribution in [3.05, 3.63) is 96.6 Å².